The average molecular weight is 247 g/mol. The average Bonchev–Trinajstić information content (AvgIpc) is 2.69. The van der Waals surface area contributed by atoms with Gasteiger partial charge in [0.25, 0.3) is 0 Å². The van der Waals surface area contributed by atoms with Crippen molar-refractivity contribution in [1.82, 2.24) is 0 Å². The molecule has 18 heavy (non-hydrogen) atoms. The molecule has 1 amide bonds. The van der Waals surface area contributed by atoms with Gasteiger partial charge < -0.3 is 4.74 Å². The first-order chi connectivity index (χ1) is 8.52. The number of benzene rings is 1. The lowest BCUT2D eigenvalue weighted by atomic mass is 10.0. The van der Waals surface area contributed by atoms with Gasteiger partial charge in [0.05, 0.1) is 12.3 Å². The van der Waals surface area contributed by atoms with Crippen LogP contribution in [-0.2, 0) is 14.3 Å². The molecule has 1 aromatic carbocycles. The number of carbonyl (C=O) groups is 2. The zero-order valence-corrected chi connectivity index (χ0v) is 10.9. The fraction of sp³-hybridized carbons (Fsp3) is 0.429. The van der Waals surface area contributed by atoms with Crippen molar-refractivity contribution in [3.63, 3.8) is 0 Å². The normalized spacial score (nSPS) is 18.6. The Balaban J connectivity index is 2.48. The van der Waals surface area contributed by atoms with E-state index in [1.54, 1.807) is 4.90 Å². The van der Waals surface area contributed by atoms with Crippen molar-refractivity contribution in [3.05, 3.63) is 29.3 Å². The van der Waals surface area contributed by atoms with Crippen LogP contribution in [0, 0.1) is 13.8 Å². The van der Waals surface area contributed by atoms with Crippen LogP contribution in [0.25, 0.3) is 0 Å². The molecule has 1 atom stereocenters. The van der Waals surface area contributed by atoms with E-state index in [0.29, 0.717) is 13.0 Å². The van der Waals surface area contributed by atoms with E-state index in [1.807, 2.05) is 32.0 Å². The van der Waals surface area contributed by atoms with Crippen molar-refractivity contribution in [2.45, 2.75) is 33.2 Å². The molecule has 1 aromatic rings. The molecule has 0 saturated carbocycles. The molecule has 0 aliphatic carbocycles. The summed E-state index contributed by atoms with van der Waals surface area (Å²) in [7, 11) is 0. The van der Waals surface area contributed by atoms with Crippen molar-refractivity contribution in [3.8, 4) is 0 Å². The molecule has 1 aliphatic heterocycles. The number of rotatable bonds is 2. The van der Waals surface area contributed by atoms with Crippen LogP contribution in [0.3, 0.4) is 0 Å². The zero-order chi connectivity index (χ0) is 13.3. The van der Waals surface area contributed by atoms with E-state index >= 15 is 0 Å². The summed E-state index contributed by atoms with van der Waals surface area (Å²) in [6, 6.07) is 5.35. The number of carbonyl (C=O) groups excluding carboxylic acids is 2. The first-order valence-electron chi connectivity index (χ1n) is 6.05. The number of anilines is 1. The maximum absolute atomic E-state index is 11.9. The Kier molecular flexibility index (Phi) is 3.36. The number of ether oxygens (including phenoxy) is 1. The quantitative estimate of drug-likeness (QED) is 0.751. The number of esters is 1. The lowest BCUT2D eigenvalue weighted by Gasteiger charge is -2.28. The lowest BCUT2D eigenvalue weighted by molar-refractivity contribution is -0.140. The predicted octanol–water partition coefficient (Wildman–Crippen LogP) is 1.97. The van der Waals surface area contributed by atoms with Crippen molar-refractivity contribution >= 4 is 17.6 Å². The molecule has 0 aromatic heterocycles. The standard InChI is InChI=1S/C14H17NO3/c1-9-5-4-6-10(2)13(9)15(11(3)16)12-7-8-18-14(12)17/h4-6,12H,7-8H2,1-3H3. The highest BCUT2D eigenvalue weighted by Gasteiger charge is 2.35. The van der Waals surface area contributed by atoms with Gasteiger partial charge in [-0.15, -0.1) is 0 Å². The monoisotopic (exact) mass is 247 g/mol. The van der Waals surface area contributed by atoms with Crippen LogP contribution in [0.2, 0.25) is 0 Å². The van der Waals surface area contributed by atoms with E-state index in [4.69, 9.17) is 4.74 Å². The fourth-order valence-electron chi connectivity index (χ4n) is 2.44. The molecule has 4 nitrogen and oxygen atoms in total. The molecule has 0 spiro atoms. The number of nitrogens with zero attached hydrogens (tertiary/aromatic N) is 1. The minimum absolute atomic E-state index is 0.128. The Morgan fingerprint density at radius 3 is 2.39 bits per heavy atom. The third-order valence-electron chi connectivity index (χ3n) is 3.24. The number of aryl methyl sites for hydroxylation is 2. The Bertz CT molecular complexity index is 476. The molecule has 1 heterocycles. The highest BCUT2D eigenvalue weighted by atomic mass is 16.5. The number of para-hydroxylation sites is 1. The van der Waals surface area contributed by atoms with Crippen molar-refractivity contribution in [2.75, 3.05) is 11.5 Å². The molecule has 1 fully saturated rings. The molecule has 1 unspecified atom stereocenters. The van der Waals surface area contributed by atoms with Crippen molar-refractivity contribution in [1.29, 1.82) is 0 Å². The van der Waals surface area contributed by atoms with Gasteiger partial charge in [-0.2, -0.15) is 0 Å². The molecule has 96 valence electrons. The molecule has 0 bridgehead atoms. The second-order valence-electron chi connectivity index (χ2n) is 4.60. The van der Waals surface area contributed by atoms with Crippen molar-refractivity contribution in [2.24, 2.45) is 0 Å². The highest BCUT2D eigenvalue weighted by molar-refractivity contribution is 6.00. The molecule has 0 N–H and O–H groups in total. The molecule has 0 radical (unpaired) electrons. The Hall–Kier alpha value is -1.84. The number of cyclic esters (lactones) is 1. The fourth-order valence-corrected chi connectivity index (χ4v) is 2.44. The smallest absolute Gasteiger partial charge is 0.329 e. The molecule has 2 rings (SSSR count). The largest absolute Gasteiger partial charge is 0.464 e. The van der Waals surface area contributed by atoms with E-state index < -0.39 is 6.04 Å². The predicted molar refractivity (Wildman–Crippen MR) is 68.4 cm³/mol. The summed E-state index contributed by atoms with van der Waals surface area (Å²) < 4.78 is 4.97. The van der Waals surface area contributed by atoms with Gasteiger partial charge in [0.2, 0.25) is 5.91 Å². The van der Waals surface area contributed by atoms with Gasteiger partial charge in [-0.25, -0.2) is 4.79 Å². The number of hydrogen-bond donors (Lipinski definition) is 0. The van der Waals surface area contributed by atoms with Crippen LogP contribution in [0.15, 0.2) is 18.2 Å². The SMILES string of the molecule is CC(=O)N(c1c(C)cccc1C)C1CCOC1=O. The van der Waals surface area contributed by atoms with Crippen LogP contribution in [0.1, 0.15) is 24.5 Å². The van der Waals surface area contributed by atoms with Gasteiger partial charge in [0.15, 0.2) is 0 Å². The van der Waals surface area contributed by atoms with Crippen LogP contribution in [0.5, 0.6) is 0 Å². The molecular weight excluding hydrogens is 230 g/mol. The Morgan fingerprint density at radius 2 is 1.94 bits per heavy atom. The molecule has 1 saturated heterocycles. The van der Waals surface area contributed by atoms with E-state index in [2.05, 4.69) is 0 Å². The third kappa shape index (κ3) is 2.10. The van der Waals surface area contributed by atoms with Gasteiger partial charge in [-0.05, 0) is 25.0 Å². The van der Waals surface area contributed by atoms with Crippen molar-refractivity contribution < 1.29 is 14.3 Å². The van der Waals surface area contributed by atoms with Gasteiger partial charge in [0, 0.05) is 13.3 Å². The number of amides is 1. The summed E-state index contributed by atoms with van der Waals surface area (Å²) in [5.74, 6) is -0.441. The maximum Gasteiger partial charge on any atom is 0.329 e. The summed E-state index contributed by atoms with van der Waals surface area (Å²) in [5, 5.41) is 0. The van der Waals surface area contributed by atoms with Crippen LogP contribution in [0.4, 0.5) is 5.69 Å². The Labute approximate surface area is 107 Å². The minimum Gasteiger partial charge on any atom is -0.464 e. The Morgan fingerprint density at radius 1 is 1.33 bits per heavy atom. The van der Waals surface area contributed by atoms with Crippen LogP contribution in [-0.4, -0.2) is 24.5 Å². The van der Waals surface area contributed by atoms with Gasteiger partial charge in [-0.1, -0.05) is 18.2 Å². The van der Waals surface area contributed by atoms with E-state index in [0.717, 1.165) is 16.8 Å². The molecular formula is C14H17NO3. The summed E-state index contributed by atoms with van der Waals surface area (Å²) in [6.45, 7) is 5.76. The lowest BCUT2D eigenvalue weighted by Crippen LogP contribution is -2.42. The number of hydrogen-bond acceptors (Lipinski definition) is 3. The minimum atomic E-state index is -0.484. The van der Waals surface area contributed by atoms with Crippen LogP contribution >= 0.6 is 0 Å². The topological polar surface area (TPSA) is 46.6 Å². The molecule has 1 aliphatic rings. The van der Waals surface area contributed by atoms with E-state index in [-0.39, 0.29) is 11.9 Å². The zero-order valence-electron chi connectivity index (χ0n) is 10.9. The maximum atomic E-state index is 11.9. The van der Waals surface area contributed by atoms with Crippen LogP contribution < -0.4 is 4.90 Å². The summed E-state index contributed by atoms with van der Waals surface area (Å²) >= 11 is 0. The van der Waals surface area contributed by atoms with Gasteiger partial charge in [-0.3, -0.25) is 9.69 Å². The van der Waals surface area contributed by atoms with Gasteiger partial charge >= 0.3 is 5.97 Å². The highest BCUT2D eigenvalue weighted by Crippen LogP contribution is 2.29. The summed E-state index contributed by atoms with van der Waals surface area (Å²) in [6.07, 6.45) is 0.562. The first-order valence-corrected chi connectivity index (χ1v) is 6.05. The summed E-state index contributed by atoms with van der Waals surface area (Å²) in [5.41, 5.74) is 2.81. The second kappa shape index (κ2) is 4.80. The molecule has 4 heteroatoms. The summed E-state index contributed by atoms with van der Waals surface area (Å²) in [4.78, 5) is 25.2. The first kappa shape index (κ1) is 12.6. The second-order valence-corrected chi connectivity index (χ2v) is 4.60. The van der Waals surface area contributed by atoms with E-state index in [9.17, 15) is 9.59 Å². The van der Waals surface area contributed by atoms with E-state index in [1.165, 1.54) is 6.92 Å². The third-order valence-corrected chi connectivity index (χ3v) is 3.24. The van der Waals surface area contributed by atoms with Gasteiger partial charge in [0.1, 0.15) is 6.04 Å².